The molecule has 100 valence electrons. The van der Waals surface area contributed by atoms with Gasteiger partial charge >= 0.3 is 0 Å². The van der Waals surface area contributed by atoms with Gasteiger partial charge in [-0.15, -0.1) is 0 Å². The van der Waals surface area contributed by atoms with Crippen molar-refractivity contribution in [1.82, 2.24) is 15.2 Å². The largest absolute Gasteiger partial charge is 0.312 e. The first-order valence-electron chi connectivity index (χ1n) is 7.07. The number of pyridine rings is 1. The standard InChI is InChI=1S/C15H25N3/c1-12(2)15-11-18(10-6-9-17-15)13(3)14-7-4-5-8-16-14/h4-5,7-8,12-13,15,17H,6,9-11H2,1-3H3. The van der Waals surface area contributed by atoms with Crippen molar-refractivity contribution in [2.75, 3.05) is 19.6 Å². The van der Waals surface area contributed by atoms with Gasteiger partial charge in [0.05, 0.1) is 5.69 Å². The van der Waals surface area contributed by atoms with Crippen LogP contribution < -0.4 is 5.32 Å². The number of rotatable bonds is 3. The molecule has 1 aromatic heterocycles. The fraction of sp³-hybridized carbons (Fsp3) is 0.667. The van der Waals surface area contributed by atoms with Gasteiger partial charge < -0.3 is 5.32 Å². The predicted octanol–water partition coefficient (Wildman–Crippen LogP) is 2.46. The molecule has 1 aromatic rings. The number of hydrogen-bond donors (Lipinski definition) is 1. The second-order valence-electron chi connectivity index (χ2n) is 5.58. The Bertz CT molecular complexity index is 350. The molecule has 2 unspecified atom stereocenters. The van der Waals surface area contributed by atoms with Crippen LogP contribution in [0.4, 0.5) is 0 Å². The van der Waals surface area contributed by atoms with Crippen LogP contribution in [-0.4, -0.2) is 35.6 Å². The molecule has 0 radical (unpaired) electrons. The Kier molecular flexibility index (Phi) is 4.72. The lowest BCUT2D eigenvalue weighted by atomic mass is 10.0. The highest BCUT2D eigenvalue weighted by molar-refractivity contribution is 5.08. The van der Waals surface area contributed by atoms with Crippen LogP contribution in [-0.2, 0) is 0 Å². The molecule has 1 fully saturated rings. The molecule has 18 heavy (non-hydrogen) atoms. The maximum absolute atomic E-state index is 4.49. The third-order valence-corrected chi connectivity index (χ3v) is 3.93. The van der Waals surface area contributed by atoms with Gasteiger partial charge in [0.15, 0.2) is 0 Å². The third kappa shape index (κ3) is 3.30. The van der Waals surface area contributed by atoms with Crippen molar-refractivity contribution in [2.45, 2.75) is 39.3 Å². The molecule has 0 spiro atoms. The van der Waals surface area contributed by atoms with E-state index in [9.17, 15) is 0 Å². The topological polar surface area (TPSA) is 28.2 Å². The van der Waals surface area contributed by atoms with Crippen LogP contribution in [0.25, 0.3) is 0 Å². The van der Waals surface area contributed by atoms with E-state index in [0.29, 0.717) is 18.0 Å². The first-order chi connectivity index (χ1) is 8.68. The van der Waals surface area contributed by atoms with Gasteiger partial charge in [0.25, 0.3) is 0 Å². The van der Waals surface area contributed by atoms with E-state index in [1.54, 1.807) is 0 Å². The second kappa shape index (κ2) is 6.30. The molecule has 2 rings (SSSR count). The van der Waals surface area contributed by atoms with Crippen LogP contribution in [0.2, 0.25) is 0 Å². The Balaban J connectivity index is 2.06. The zero-order valence-electron chi connectivity index (χ0n) is 11.8. The molecular formula is C15H25N3. The minimum atomic E-state index is 0.410. The zero-order valence-corrected chi connectivity index (χ0v) is 11.8. The molecule has 1 N–H and O–H groups in total. The molecule has 0 aromatic carbocycles. The summed E-state index contributed by atoms with van der Waals surface area (Å²) < 4.78 is 0. The van der Waals surface area contributed by atoms with Crippen molar-refractivity contribution < 1.29 is 0 Å². The molecule has 1 aliphatic heterocycles. The van der Waals surface area contributed by atoms with Crippen LogP contribution in [0.1, 0.15) is 38.9 Å². The highest BCUT2D eigenvalue weighted by Gasteiger charge is 2.24. The first-order valence-corrected chi connectivity index (χ1v) is 7.07. The van der Waals surface area contributed by atoms with E-state index < -0.39 is 0 Å². The minimum Gasteiger partial charge on any atom is -0.312 e. The van der Waals surface area contributed by atoms with Gasteiger partial charge in [0, 0.05) is 31.4 Å². The maximum atomic E-state index is 4.49. The zero-order chi connectivity index (χ0) is 13.0. The Hall–Kier alpha value is -0.930. The normalized spacial score (nSPS) is 23.9. The van der Waals surface area contributed by atoms with Gasteiger partial charge in [-0.1, -0.05) is 19.9 Å². The van der Waals surface area contributed by atoms with E-state index in [2.05, 4.69) is 48.1 Å². The van der Waals surface area contributed by atoms with Gasteiger partial charge in [-0.05, 0) is 37.9 Å². The smallest absolute Gasteiger partial charge is 0.0572 e. The molecule has 2 atom stereocenters. The lowest BCUT2D eigenvalue weighted by Gasteiger charge is -2.31. The van der Waals surface area contributed by atoms with Gasteiger partial charge in [0.1, 0.15) is 0 Å². The van der Waals surface area contributed by atoms with E-state index in [1.165, 1.54) is 12.1 Å². The first kappa shape index (κ1) is 13.5. The monoisotopic (exact) mass is 247 g/mol. The van der Waals surface area contributed by atoms with Crippen LogP contribution in [0.3, 0.4) is 0 Å². The number of nitrogens with zero attached hydrogens (tertiary/aromatic N) is 2. The summed E-state index contributed by atoms with van der Waals surface area (Å²) in [6.07, 6.45) is 3.11. The molecule has 2 heterocycles. The summed E-state index contributed by atoms with van der Waals surface area (Å²) >= 11 is 0. The summed E-state index contributed by atoms with van der Waals surface area (Å²) in [4.78, 5) is 7.05. The predicted molar refractivity (Wildman–Crippen MR) is 75.5 cm³/mol. The van der Waals surface area contributed by atoms with Crippen molar-refractivity contribution in [1.29, 1.82) is 0 Å². The van der Waals surface area contributed by atoms with E-state index in [4.69, 9.17) is 0 Å². The molecule has 0 amide bonds. The number of nitrogens with one attached hydrogen (secondary N) is 1. The summed E-state index contributed by atoms with van der Waals surface area (Å²) in [7, 11) is 0. The van der Waals surface area contributed by atoms with Crippen LogP contribution in [0.15, 0.2) is 24.4 Å². The van der Waals surface area contributed by atoms with E-state index in [-0.39, 0.29) is 0 Å². The van der Waals surface area contributed by atoms with Crippen LogP contribution in [0, 0.1) is 5.92 Å². The molecule has 3 heteroatoms. The Morgan fingerprint density at radius 3 is 2.83 bits per heavy atom. The molecule has 1 saturated heterocycles. The molecule has 3 nitrogen and oxygen atoms in total. The van der Waals surface area contributed by atoms with Gasteiger partial charge in [-0.3, -0.25) is 9.88 Å². The molecule has 0 aliphatic carbocycles. The van der Waals surface area contributed by atoms with Gasteiger partial charge in [-0.25, -0.2) is 0 Å². The second-order valence-corrected chi connectivity index (χ2v) is 5.58. The summed E-state index contributed by atoms with van der Waals surface area (Å²) in [5.41, 5.74) is 1.18. The van der Waals surface area contributed by atoms with Gasteiger partial charge in [-0.2, -0.15) is 0 Å². The maximum Gasteiger partial charge on any atom is 0.0572 e. The van der Waals surface area contributed by atoms with Crippen LogP contribution >= 0.6 is 0 Å². The van der Waals surface area contributed by atoms with E-state index in [0.717, 1.165) is 19.6 Å². The average Bonchev–Trinajstić information content (AvgIpc) is 2.65. The molecular weight excluding hydrogens is 222 g/mol. The Morgan fingerprint density at radius 1 is 1.33 bits per heavy atom. The highest BCUT2D eigenvalue weighted by Crippen LogP contribution is 2.21. The van der Waals surface area contributed by atoms with Crippen molar-refractivity contribution >= 4 is 0 Å². The lowest BCUT2D eigenvalue weighted by Crippen LogP contribution is -2.42. The van der Waals surface area contributed by atoms with Crippen molar-refractivity contribution in [2.24, 2.45) is 5.92 Å². The van der Waals surface area contributed by atoms with Gasteiger partial charge in [0.2, 0.25) is 0 Å². The lowest BCUT2D eigenvalue weighted by molar-refractivity contribution is 0.189. The minimum absolute atomic E-state index is 0.410. The number of aromatic nitrogens is 1. The summed E-state index contributed by atoms with van der Waals surface area (Å²) in [6, 6.07) is 7.20. The van der Waals surface area contributed by atoms with Crippen LogP contribution in [0.5, 0.6) is 0 Å². The van der Waals surface area contributed by atoms with Crippen molar-refractivity contribution in [3.8, 4) is 0 Å². The van der Waals surface area contributed by atoms with E-state index >= 15 is 0 Å². The fourth-order valence-electron chi connectivity index (χ4n) is 2.59. The summed E-state index contributed by atoms with van der Waals surface area (Å²) in [5, 5.41) is 3.66. The highest BCUT2D eigenvalue weighted by atomic mass is 15.2. The summed E-state index contributed by atoms with van der Waals surface area (Å²) in [6.45, 7) is 10.3. The average molecular weight is 247 g/mol. The third-order valence-electron chi connectivity index (χ3n) is 3.93. The molecule has 1 aliphatic rings. The van der Waals surface area contributed by atoms with Crippen molar-refractivity contribution in [3.63, 3.8) is 0 Å². The fourth-order valence-corrected chi connectivity index (χ4v) is 2.59. The van der Waals surface area contributed by atoms with E-state index in [1.807, 2.05) is 12.3 Å². The Morgan fingerprint density at radius 2 is 2.17 bits per heavy atom. The number of hydrogen-bond acceptors (Lipinski definition) is 3. The molecule has 0 saturated carbocycles. The SMILES string of the molecule is CC(C)C1CN(C(C)c2ccccn2)CCCN1. The quantitative estimate of drug-likeness (QED) is 0.889. The Labute approximate surface area is 111 Å². The summed E-state index contributed by atoms with van der Waals surface area (Å²) in [5.74, 6) is 0.682. The van der Waals surface area contributed by atoms with Crippen molar-refractivity contribution in [3.05, 3.63) is 30.1 Å². The molecule has 0 bridgehead atoms.